The fourth-order valence-corrected chi connectivity index (χ4v) is 9.56. The summed E-state index contributed by atoms with van der Waals surface area (Å²) in [5, 5.41) is 15.0. The van der Waals surface area contributed by atoms with E-state index in [9.17, 15) is 57.6 Å². The first-order valence-electron chi connectivity index (χ1n) is 23.3. The van der Waals surface area contributed by atoms with Crippen LogP contribution in [0.1, 0.15) is 82.9 Å². The number of nitrogens with one attached hydrogen (secondary N) is 3. The average molecular weight is 1080 g/mol. The van der Waals surface area contributed by atoms with E-state index in [1.165, 1.54) is 0 Å². The molecule has 74 heavy (non-hydrogen) atoms. The van der Waals surface area contributed by atoms with Crippen LogP contribution in [0.2, 0.25) is 0 Å². The van der Waals surface area contributed by atoms with Gasteiger partial charge in [-0.3, -0.25) is 27.8 Å². The molecule has 3 rings (SSSR count). The molecule has 0 saturated carbocycles. The van der Waals surface area contributed by atoms with E-state index in [2.05, 4.69) is 16.0 Å². The Labute approximate surface area is 428 Å². The Bertz CT molecular complexity index is 2230. The van der Waals surface area contributed by atoms with Crippen LogP contribution < -0.4 is 16.0 Å². The maximum Gasteiger partial charge on any atom is 0.408 e. The average Bonchev–Trinajstić information content (AvgIpc) is 3.37. The molecule has 0 spiro atoms. The summed E-state index contributed by atoms with van der Waals surface area (Å²) in [7, 11) is -11.6. The van der Waals surface area contributed by atoms with Crippen molar-refractivity contribution in [1.82, 2.24) is 16.0 Å². The monoisotopic (exact) mass is 1080 g/mol. The maximum atomic E-state index is 14.2. The second-order valence-electron chi connectivity index (χ2n) is 16.8. The molecule has 24 nitrogen and oxygen atoms in total. The lowest BCUT2D eigenvalue weighted by molar-refractivity contribution is -0.156. The number of esters is 4. The molecule has 0 aliphatic rings. The molecule has 0 aliphatic carbocycles. The van der Waals surface area contributed by atoms with Crippen LogP contribution in [-0.2, 0) is 90.3 Å². The molecular weight excluding hydrogens is 1020 g/mol. The van der Waals surface area contributed by atoms with Crippen molar-refractivity contribution in [2.45, 2.75) is 103 Å². The van der Waals surface area contributed by atoms with E-state index >= 15 is 0 Å². The van der Waals surface area contributed by atoms with E-state index in [0.29, 0.717) is 5.56 Å². The predicted molar refractivity (Wildman–Crippen MR) is 260 cm³/mol. The van der Waals surface area contributed by atoms with Gasteiger partial charge in [-0.1, -0.05) is 119 Å². The van der Waals surface area contributed by atoms with Crippen LogP contribution in [0.4, 0.5) is 14.4 Å². The molecule has 0 radical (unpaired) electrons. The van der Waals surface area contributed by atoms with Crippen molar-refractivity contribution in [2.75, 3.05) is 33.3 Å². The molecule has 0 aromatic heterocycles. The fourth-order valence-electron chi connectivity index (χ4n) is 6.18. The summed E-state index contributed by atoms with van der Waals surface area (Å²) >= 11 is 0. The third kappa shape index (κ3) is 22.4. The second-order valence-corrected chi connectivity index (χ2v) is 21.3. The van der Waals surface area contributed by atoms with Gasteiger partial charge in [0, 0.05) is 25.8 Å². The number of benzene rings is 3. The van der Waals surface area contributed by atoms with E-state index in [-0.39, 0.29) is 52.4 Å². The van der Waals surface area contributed by atoms with E-state index in [0.717, 1.165) is 11.1 Å². The summed E-state index contributed by atoms with van der Waals surface area (Å²) < 4.78 is 73.0. The molecule has 0 aliphatic heterocycles. The van der Waals surface area contributed by atoms with Gasteiger partial charge in [-0.2, -0.15) is 0 Å². The standard InChI is InChI=1S/C48H65N3O21P2/c1-34(2)41(50-46(57)67-30-37-19-10-6-11-20-37)43(54)64-27-14-23-39(52)69-32-71-74(63,48(59,73(60,61)62)25-16-26-49-45(56)66-29-36-17-8-5-9-18-36)72-33-70-40(53)24-15-28-65-44(55)42(35(3)4)51-47(58)68-31-38-21-12-7-13-22-38/h5-13,17-22,34-35,41-42,59H,14-16,23-33H2,1-4H3,(H,49,56)(H,50,57)(H,51,58)(H2,60,61,62)/t41-,42-,48?/m0/s1. The first-order valence-corrected chi connectivity index (χ1v) is 26.5. The van der Waals surface area contributed by atoms with Crippen molar-refractivity contribution < 1.29 is 99.8 Å². The van der Waals surface area contributed by atoms with Crippen molar-refractivity contribution in [3.05, 3.63) is 108 Å². The van der Waals surface area contributed by atoms with Gasteiger partial charge in [-0.25, -0.2) is 24.0 Å². The molecule has 3 aromatic rings. The minimum absolute atomic E-state index is 0.0441. The molecule has 3 aromatic carbocycles. The van der Waals surface area contributed by atoms with E-state index < -0.39 is 126 Å². The summed E-state index contributed by atoms with van der Waals surface area (Å²) in [4.78, 5) is 109. The number of ether oxygens (including phenoxy) is 7. The Morgan fingerprint density at radius 2 is 0.892 bits per heavy atom. The Hall–Kier alpha value is -6.39. The lowest BCUT2D eigenvalue weighted by Crippen LogP contribution is -2.45. The van der Waals surface area contributed by atoms with Crippen molar-refractivity contribution in [2.24, 2.45) is 11.8 Å². The molecule has 0 bridgehead atoms. The third-order valence-corrected chi connectivity index (χ3v) is 15.0. The van der Waals surface area contributed by atoms with Crippen molar-refractivity contribution in [1.29, 1.82) is 0 Å². The zero-order valence-corrected chi connectivity index (χ0v) is 43.2. The van der Waals surface area contributed by atoms with Gasteiger partial charge in [0.05, 0.1) is 13.2 Å². The highest BCUT2D eigenvalue weighted by molar-refractivity contribution is 7.73. The summed E-state index contributed by atoms with van der Waals surface area (Å²) in [5.74, 6) is -4.60. The quantitative estimate of drug-likeness (QED) is 0.0131. The zero-order valence-electron chi connectivity index (χ0n) is 41.5. The number of rotatable bonds is 32. The summed E-state index contributed by atoms with van der Waals surface area (Å²) in [6.45, 7) is 2.72. The minimum atomic E-state index is -5.95. The lowest BCUT2D eigenvalue weighted by Gasteiger charge is -2.34. The van der Waals surface area contributed by atoms with E-state index in [1.54, 1.807) is 119 Å². The molecule has 3 atom stereocenters. The van der Waals surface area contributed by atoms with Crippen molar-refractivity contribution in [3.8, 4) is 0 Å². The molecule has 0 fully saturated rings. The number of hydrogen-bond donors (Lipinski definition) is 6. The normalized spacial score (nSPS) is 13.0. The van der Waals surface area contributed by atoms with Gasteiger partial charge in [-0.05, 0) is 47.8 Å². The highest BCUT2D eigenvalue weighted by Crippen LogP contribution is 2.74. The Morgan fingerprint density at radius 3 is 1.24 bits per heavy atom. The third-order valence-electron chi connectivity index (χ3n) is 10.3. The summed E-state index contributed by atoms with van der Waals surface area (Å²) in [6, 6.07) is 24.1. The van der Waals surface area contributed by atoms with Crippen LogP contribution >= 0.6 is 15.2 Å². The van der Waals surface area contributed by atoms with Crippen molar-refractivity contribution >= 4 is 57.3 Å². The van der Waals surface area contributed by atoms with Gasteiger partial charge in [0.15, 0.2) is 0 Å². The first-order chi connectivity index (χ1) is 35.1. The van der Waals surface area contributed by atoms with Crippen molar-refractivity contribution in [3.63, 3.8) is 0 Å². The van der Waals surface area contributed by atoms with E-state index in [4.69, 9.17) is 42.2 Å². The van der Waals surface area contributed by atoms with Gasteiger partial charge < -0.3 is 64.0 Å². The van der Waals surface area contributed by atoms with Gasteiger partial charge in [-0.15, -0.1) is 0 Å². The number of amides is 3. The van der Waals surface area contributed by atoms with Crippen LogP contribution in [0.15, 0.2) is 91.0 Å². The number of carbonyl (C=O) groups is 7. The molecule has 0 heterocycles. The topological polar surface area (TPSA) is 333 Å². The minimum Gasteiger partial charge on any atom is -0.464 e. The lowest BCUT2D eigenvalue weighted by atomic mass is 10.1. The van der Waals surface area contributed by atoms with Crippen LogP contribution in [0, 0.1) is 11.8 Å². The molecule has 26 heteroatoms. The molecule has 6 N–H and O–H groups in total. The maximum absolute atomic E-state index is 14.2. The Morgan fingerprint density at radius 1 is 0.527 bits per heavy atom. The highest BCUT2D eigenvalue weighted by atomic mass is 31.2. The second kappa shape index (κ2) is 32.0. The molecule has 0 saturated heterocycles. The van der Waals surface area contributed by atoms with Gasteiger partial charge >= 0.3 is 57.3 Å². The van der Waals surface area contributed by atoms with Crippen LogP contribution in [0.3, 0.4) is 0 Å². The van der Waals surface area contributed by atoms with Crippen LogP contribution in [0.5, 0.6) is 0 Å². The molecule has 1 unspecified atom stereocenters. The summed E-state index contributed by atoms with van der Waals surface area (Å²) in [6.07, 6.45) is -5.37. The molecule has 3 amide bonds. The number of hydrogen-bond acceptors (Lipinski definition) is 19. The molecule has 408 valence electrons. The predicted octanol–water partition coefficient (Wildman–Crippen LogP) is 6.29. The summed E-state index contributed by atoms with van der Waals surface area (Å²) in [5.41, 5.74) is 2.11. The largest absolute Gasteiger partial charge is 0.464 e. The van der Waals surface area contributed by atoms with E-state index in [1.807, 2.05) is 0 Å². The number of carbonyl (C=O) groups excluding carboxylic acids is 7. The fraction of sp³-hybridized carbons (Fsp3) is 0.479. The first kappa shape index (κ1) is 61.9. The number of alkyl carbamates (subject to hydrolysis) is 3. The molecular formula is C48H65N3O21P2. The number of aliphatic hydroxyl groups is 1. The van der Waals surface area contributed by atoms with Gasteiger partial charge in [0.2, 0.25) is 13.6 Å². The smallest absolute Gasteiger partial charge is 0.408 e. The Balaban J connectivity index is 1.55. The zero-order chi connectivity index (χ0) is 54.6. The van der Waals surface area contributed by atoms with Crippen LogP contribution in [0.25, 0.3) is 0 Å². The SMILES string of the molecule is CC(C)[C@H](NC(=O)OCc1ccccc1)C(=O)OCCCC(=O)OCOP(=O)(OCOC(=O)CCCOC(=O)[C@@H](NC(=O)OCc1ccccc1)C(C)C)C(O)(CCCNC(=O)OCc1ccccc1)P(=O)(O)O. The van der Waals surface area contributed by atoms with Crippen LogP contribution in [-0.4, -0.2) is 108 Å². The Kier molecular flexibility index (Phi) is 26.8. The van der Waals surface area contributed by atoms with Gasteiger partial charge in [0.25, 0.3) is 5.08 Å². The highest BCUT2D eigenvalue weighted by Gasteiger charge is 2.62. The van der Waals surface area contributed by atoms with Gasteiger partial charge in [0.1, 0.15) is 31.9 Å².